The molecule has 4 nitrogen and oxygen atoms in total. The normalized spacial score (nSPS) is 22.1. The molecule has 0 amide bonds. The van der Waals surface area contributed by atoms with E-state index in [1.54, 1.807) is 0 Å². The third-order valence-electron chi connectivity index (χ3n) is 3.85. The molecule has 2 aromatic heterocycles. The highest BCUT2D eigenvalue weighted by Gasteiger charge is 2.38. The van der Waals surface area contributed by atoms with E-state index in [-0.39, 0.29) is 12.1 Å². The summed E-state index contributed by atoms with van der Waals surface area (Å²) in [5, 5.41) is 4.16. The summed E-state index contributed by atoms with van der Waals surface area (Å²) in [5.74, 6) is 0. The van der Waals surface area contributed by atoms with E-state index in [2.05, 4.69) is 45.0 Å². The lowest BCUT2D eigenvalue weighted by molar-refractivity contribution is 0.350. The molecule has 5 heteroatoms. The van der Waals surface area contributed by atoms with Gasteiger partial charge in [-0.1, -0.05) is 6.07 Å². The highest BCUT2D eigenvalue weighted by molar-refractivity contribution is 7.80. The van der Waals surface area contributed by atoms with Gasteiger partial charge < -0.3 is 14.8 Å². The Labute approximate surface area is 124 Å². The first kappa shape index (κ1) is 13.1. The van der Waals surface area contributed by atoms with E-state index >= 15 is 0 Å². The molecule has 1 aliphatic rings. The van der Waals surface area contributed by atoms with Crippen LogP contribution in [0.2, 0.25) is 0 Å². The Morgan fingerprint density at radius 2 is 2.15 bits per heavy atom. The van der Waals surface area contributed by atoms with Crippen molar-refractivity contribution in [1.29, 1.82) is 0 Å². The monoisotopic (exact) mass is 286 g/mol. The molecule has 0 saturated carbocycles. The largest absolute Gasteiger partial charge is 0.352 e. The highest BCUT2D eigenvalue weighted by atomic mass is 32.1. The van der Waals surface area contributed by atoms with Crippen molar-refractivity contribution in [2.75, 3.05) is 7.05 Å². The molecule has 0 bridgehead atoms. The van der Waals surface area contributed by atoms with Gasteiger partial charge in [-0.15, -0.1) is 0 Å². The van der Waals surface area contributed by atoms with Gasteiger partial charge in [-0.2, -0.15) is 0 Å². The fourth-order valence-corrected chi connectivity index (χ4v) is 3.05. The first-order valence-corrected chi connectivity index (χ1v) is 7.22. The number of rotatable bonds is 3. The van der Waals surface area contributed by atoms with Crippen LogP contribution in [0.3, 0.4) is 0 Å². The summed E-state index contributed by atoms with van der Waals surface area (Å²) in [7, 11) is 2.04. The van der Waals surface area contributed by atoms with Crippen LogP contribution in [0.25, 0.3) is 0 Å². The lowest BCUT2D eigenvalue weighted by Gasteiger charge is -2.25. The number of hydrogen-bond acceptors (Lipinski definition) is 2. The van der Waals surface area contributed by atoms with Crippen molar-refractivity contribution >= 4 is 17.3 Å². The summed E-state index contributed by atoms with van der Waals surface area (Å²) < 4.78 is 2.26. The predicted octanol–water partition coefficient (Wildman–Crippen LogP) is 2.51. The molecule has 1 aliphatic heterocycles. The summed E-state index contributed by atoms with van der Waals surface area (Å²) >= 11 is 5.43. The maximum absolute atomic E-state index is 5.43. The first-order chi connectivity index (χ1) is 9.72. The summed E-state index contributed by atoms with van der Waals surface area (Å²) in [4.78, 5) is 6.61. The molecule has 2 atom stereocenters. The summed E-state index contributed by atoms with van der Waals surface area (Å²) in [6.45, 7) is 3.11. The van der Waals surface area contributed by atoms with Gasteiger partial charge in [0.25, 0.3) is 0 Å². The topological polar surface area (TPSA) is 33.1 Å². The first-order valence-electron chi connectivity index (χ1n) is 6.81. The summed E-state index contributed by atoms with van der Waals surface area (Å²) in [5.41, 5.74) is 2.28. The van der Waals surface area contributed by atoms with Gasteiger partial charge in [-0.3, -0.25) is 4.98 Å². The lowest BCUT2D eigenvalue weighted by Crippen LogP contribution is -2.26. The predicted molar refractivity (Wildman–Crippen MR) is 83.3 cm³/mol. The van der Waals surface area contributed by atoms with Crippen LogP contribution in [0.1, 0.15) is 30.4 Å². The molecule has 0 unspecified atom stereocenters. The smallest absolute Gasteiger partial charge is 0.169 e. The van der Waals surface area contributed by atoms with Crippen LogP contribution in [0.4, 0.5) is 0 Å². The average Bonchev–Trinajstić information content (AvgIpc) is 3.05. The van der Waals surface area contributed by atoms with E-state index < -0.39 is 0 Å². The van der Waals surface area contributed by atoms with Crippen molar-refractivity contribution in [1.82, 2.24) is 19.8 Å². The molecule has 3 rings (SSSR count). The molecule has 20 heavy (non-hydrogen) atoms. The van der Waals surface area contributed by atoms with Crippen molar-refractivity contribution in [2.24, 2.45) is 0 Å². The maximum Gasteiger partial charge on any atom is 0.169 e. The number of aryl methyl sites for hydroxylation is 1. The van der Waals surface area contributed by atoms with Crippen LogP contribution < -0.4 is 5.32 Å². The van der Waals surface area contributed by atoms with Crippen LogP contribution in [-0.2, 0) is 6.54 Å². The second-order valence-corrected chi connectivity index (χ2v) is 5.34. The zero-order valence-corrected chi connectivity index (χ0v) is 12.5. The molecule has 2 aromatic rings. The van der Waals surface area contributed by atoms with Gasteiger partial charge in [-0.25, -0.2) is 0 Å². The van der Waals surface area contributed by atoms with Crippen molar-refractivity contribution in [3.05, 3.63) is 54.1 Å². The van der Waals surface area contributed by atoms with E-state index in [1.165, 1.54) is 5.69 Å². The Balaban J connectivity index is 2.03. The van der Waals surface area contributed by atoms with Crippen LogP contribution in [0, 0.1) is 0 Å². The number of hydrogen-bond donors (Lipinski definition) is 1. The van der Waals surface area contributed by atoms with Gasteiger partial charge >= 0.3 is 0 Å². The molecular formula is C15H18N4S. The number of nitrogens with zero attached hydrogens (tertiary/aromatic N) is 3. The molecule has 104 valence electrons. The van der Waals surface area contributed by atoms with Gasteiger partial charge in [-0.05, 0) is 43.4 Å². The fraction of sp³-hybridized carbons (Fsp3) is 0.333. The van der Waals surface area contributed by atoms with Crippen molar-refractivity contribution in [2.45, 2.75) is 25.6 Å². The van der Waals surface area contributed by atoms with Crippen molar-refractivity contribution < 1.29 is 0 Å². The number of aromatic nitrogens is 2. The second kappa shape index (κ2) is 5.25. The van der Waals surface area contributed by atoms with Crippen LogP contribution in [-0.4, -0.2) is 26.6 Å². The minimum absolute atomic E-state index is 0.0916. The Bertz CT molecular complexity index is 607. The van der Waals surface area contributed by atoms with Crippen molar-refractivity contribution in [3.63, 3.8) is 0 Å². The minimum Gasteiger partial charge on any atom is -0.352 e. The Morgan fingerprint density at radius 3 is 2.85 bits per heavy atom. The molecule has 3 heterocycles. The Hall–Kier alpha value is -1.88. The fourth-order valence-electron chi connectivity index (χ4n) is 2.81. The van der Waals surface area contributed by atoms with E-state index in [9.17, 15) is 0 Å². The number of likely N-dealkylation sites (N-methyl/N-ethyl adjacent to an activating group) is 1. The Morgan fingerprint density at radius 1 is 1.30 bits per heavy atom. The molecular weight excluding hydrogens is 268 g/mol. The SMILES string of the molecule is CCn1cccc1[C@@H]1[C@H](c2ccccn2)NC(=S)N1C. The molecule has 0 aromatic carbocycles. The molecule has 0 aliphatic carbocycles. The van der Waals surface area contributed by atoms with E-state index in [1.807, 2.05) is 31.4 Å². The number of thiocarbonyl (C=S) groups is 1. The zero-order valence-electron chi connectivity index (χ0n) is 11.7. The van der Waals surface area contributed by atoms with Crippen LogP contribution in [0.5, 0.6) is 0 Å². The van der Waals surface area contributed by atoms with Gasteiger partial charge in [0, 0.05) is 31.7 Å². The third-order valence-corrected chi connectivity index (χ3v) is 4.25. The zero-order chi connectivity index (χ0) is 14.1. The van der Waals surface area contributed by atoms with E-state index in [4.69, 9.17) is 12.2 Å². The number of pyridine rings is 1. The standard InChI is InChI=1S/C15H18N4S/c1-3-19-10-6-8-12(19)14-13(17-15(20)18(14)2)11-7-4-5-9-16-11/h4-10,13-14H,3H2,1-2H3,(H,17,20)/t13-,14+/m0/s1. The van der Waals surface area contributed by atoms with E-state index in [0.717, 1.165) is 17.4 Å². The van der Waals surface area contributed by atoms with Crippen LogP contribution in [0.15, 0.2) is 42.7 Å². The number of nitrogens with one attached hydrogen (secondary N) is 1. The van der Waals surface area contributed by atoms with Gasteiger partial charge in [0.05, 0.1) is 17.8 Å². The van der Waals surface area contributed by atoms with Gasteiger partial charge in [0.15, 0.2) is 5.11 Å². The van der Waals surface area contributed by atoms with Crippen molar-refractivity contribution in [3.8, 4) is 0 Å². The molecule has 1 N–H and O–H groups in total. The minimum atomic E-state index is 0.0916. The quantitative estimate of drug-likeness (QED) is 0.879. The second-order valence-electron chi connectivity index (χ2n) is 4.96. The summed E-state index contributed by atoms with van der Waals surface area (Å²) in [6.07, 6.45) is 3.94. The van der Waals surface area contributed by atoms with Gasteiger partial charge in [0.2, 0.25) is 0 Å². The van der Waals surface area contributed by atoms with E-state index in [0.29, 0.717) is 0 Å². The molecule has 1 fully saturated rings. The van der Waals surface area contributed by atoms with Gasteiger partial charge in [0.1, 0.15) is 0 Å². The Kier molecular flexibility index (Phi) is 3.44. The lowest BCUT2D eigenvalue weighted by atomic mass is 10.0. The third kappa shape index (κ3) is 2.08. The van der Waals surface area contributed by atoms with Crippen LogP contribution >= 0.6 is 12.2 Å². The maximum atomic E-state index is 5.43. The molecule has 1 saturated heterocycles. The highest BCUT2D eigenvalue weighted by Crippen LogP contribution is 2.37. The average molecular weight is 286 g/mol. The summed E-state index contributed by atoms with van der Waals surface area (Å²) in [6, 6.07) is 10.5. The molecule has 0 spiro atoms. The molecule has 0 radical (unpaired) electrons.